The Labute approximate surface area is 189 Å². The molecule has 0 aliphatic carbocycles. The Hall–Kier alpha value is -3.51. The van der Waals surface area contributed by atoms with Crippen molar-refractivity contribution in [2.24, 2.45) is 5.73 Å². The Morgan fingerprint density at radius 3 is 2.30 bits per heavy atom. The van der Waals surface area contributed by atoms with Gasteiger partial charge in [0.2, 0.25) is 17.7 Å². The summed E-state index contributed by atoms with van der Waals surface area (Å²) < 4.78 is 0. The van der Waals surface area contributed by atoms with Crippen molar-refractivity contribution in [1.29, 1.82) is 0 Å². The van der Waals surface area contributed by atoms with E-state index in [1.165, 1.54) is 0 Å². The van der Waals surface area contributed by atoms with E-state index >= 15 is 0 Å². The number of nitrogens with two attached hydrogens (primary N) is 1. The zero-order chi connectivity index (χ0) is 24.5. The molecule has 7 N–H and O–H groups in total. The van der Waals surface area contributed by atoms with Gasteiger partial charge in [0, 0.05) is 13.0 Å². The number of carbonyl (C=O) groups excluding carboxylic acids is 3. The number of aliphatic hydroxyl groups is 1. The van der Waals surface area contributed by atoms with E-state index < -0.39 is 66.9 Å². The van der Waals surface area contributed by atoms with Crippen LogP contribution in [-0.4, -0.2) is 87.2 Å². The van der Waals surface area contributed by atoms with Gasteiger partial charge in [-0.2, -0.15) is 0 Å². The quantitative estimate of drug-likeness (QED) is 0.216. The predicted octanol–water partition coefficient (Wildman–Crippen LogP) is -1.93. The molecule has 1 aliphatic heterocycles. The third-order valence-electron chi connectivity index (χ3n) is 5.26. The van der Waals surface area contributed by atoms with E-state index in [1.54, 1.807) is 30.3 Å². The lowest BCUT2D eigenvalue weighted by Crippen LogP contribution is -2.57. The number of carboxylic acid groups (broad SMARTS) is 2. The summed E-state index contributed by atoms with van der Waals surface area (Å²) in [4.78, 5) is 61.9. The molecule has 3 amide bonds. The molecule has 180 valence electrons. The van der Waals surface area contributed by atoms with E-state index in [2.05, 4.69) is 10.6 Å². The minimum atomic E-state index is -1.50. The van der Waals surface area contributed by atoms with E-state index in [9.17, 15) is 29.1 Å². The molecule has 2 rings (SSSR count). The molecule has 12 nitrogen and oxygen atoms in total. The van der Waals surface area contributed by atoms with Gasteiger partial charge < -0.3 is 36.6 Å². The number of hydrogen-bond acceptors (Lipinski definition) is 7. The van der Waals surface area contributed by atoms with Crippen LogP contribution in [0.25, 0.3) is 0 Å². The highest BCUT2D eigenvalue weighted by Crippen LogP contribution is 2.20. The molecule has 4 unspecified atom stereocenters. The van der Waals surface area contributed by atoms with Gasteiger partial charge in [0.15, 0.2) is 0 Å². The number of rotatable bonds is 11. The minimum Gasteiger partial charge on any atom is -0.481 e. The van der Waals surface area contributed by atoms with Crippen LogP contribution in [0, 0.1) is 0 Å². The maximum absolute atomic E-state index is 13.0. The van der Waals surface area contributed by atoms with Gasteiger partial charge in [-0.05, 0) is 18.4 Å². The number of benzene rings is 1. The number of amides is 3. The van der Waals surface area contributed by atoms with Gasteiger partial charge in [-0.1, -0.05) is 30.3 Å². The molecule has 0 spiro atoms. The topological polar surface area (TPSA) is 199 Å². The largest absolute Gasteiger partial charge is 0.481 e. The Bertz CT molecular complexity index is 878. The van der Waals surface area contributed by atoms with Crippen molar-refractivity contribution in [3.05, 3.63) is 35.9 Å². The van der Waals surface area contributed by atoms with Crippen molar-refractivity contribution in [3.63, 3.8) is 0 Å². The van der Waals surface area contributed by atoms with Gasteiger partial charge in [0.1, 0.15) is 24.2 Å². The smallest absolute Gasteiger partial charge is 0.326 e. The standard InChI is InChI=1S/C21H28N4O8/c22-13(11-26)18(29)23-14(10-17(27)28)20(31)25-8-4-7-16(25)19(30)24-15(21(32)33)9-12-5-2-1-3-6-12/h1-3,5-6,13-16,26H,4,7-11,22H2,(H,23,29)(H,24,30)(H,27,28)(H,32,33). The lowest BCUT2D eigenvalue weighted by molar-refractivity contribution is -0.147. The molecule has 1 aliphatic rings. The highest BCUT2D eigenvalue weighted by Gasteiger charge is 2.39. The third kappa shape index (κ3) is 7.26. The van der Waals surface area contributed by atoms with Crippen LogP contribution in [0.1, 0.15) is 24.8 Å². The number of likely N-dealkylation sites (tertiary alicyclic amines) is 1. The number of carbonyl (C=O) groups is 5. The van der Waals surface area contributed by atoms with Crippen molar-refractivity contribution >= 4 is 29.7 Å². The summed E-state index contributed by atoms with van der Waals surface area (Å²) in [6.45, 7) is -0.571. The second-order valence-electron chi connectivity index (χ2n) is 7.73. The van der Waals surface area contributed by atoms with Crippen LogP contribution >= 0.6 is 0 Å². The SMILES string of the molecule is NC(CO)C(=O)NC(CC(=O)O)C(=O)N1CCCC1C(=O)NC(Cc1ccccc1)C(=O)O. The fraction of sp³-hybridized carbons (Fsp3) is 0.476. The van der Waals surface area contributed by atoms with Crippen molar-refractivity contribution in [3.8, 4) is 0 Å². The number of nitrogens with one attached hydrogen (secondary N) is 2. The molecule has 1 fully saturated rings. The van der Waals surface area contributed by atoms with E-state index in [4.69, 9.17) is 15.9 Å². The first-order valence-corrected chi connectivity index (χ1v) is 10.4. The summed E-state index contributed by atoms with van der Waals surface area (Å²) in [6, 6.07) is 3.62. The Morgan fingerprint density at radius 2 is 1.73 bits per heavy atom. The zero-order valence-electron chi connectivity index (χ0n) is 17.8. The predicted molar refractivity (Wildman–Crippen MR) is 114 cm³/mol. The summed E-state index contributed by atoms with van der Waals surface area (Å²) in [7, 11) is 0. The molecular weight excluding hydrogens is 436 g/mol. The molecule has 0 bridgehead atoms. The first kappa shape index (κ1) is 25.7. The highest BCUT2D eigenvalue weighted by molar-refractivity contribution is 5.96. The monoisotopic (exact) mass is 464 g/mol. The third-order valence-corrected chi connectivity index (χ3v) is 5.26. The van der Waals surface area contributed by atoms with Crippen LogP contribution in [0.3, 0.4) is 0 Å². The minimum absolute atomic E-state index is 0.0410. The van der Waals surface area contributed by atoms with E-state index in [0.717, 1.165) is 4.90 Å². The Balaban J connectivity index is 2.13. The Kier molecular flexibility index (Phi) is 9.30. The lowest BCUT2D eigenvalue weighted by atomic mass is 10.0. The second-order valence-corrected chi connectivity index (χ2v) is 7.73. The first-order valence-electron chi connectivity index (χ1n) is 10.4. The number of aliphatic carboxylic acids is 2. The summed E-state index contributed by atoms with van der Waals surface area (Å²) in [5.74, 6) is -5.00. The summed E-state index contributed by atoms with van der Waals surface area (Å²) in [5.41, 5.74) is 6.12. The molecule has 1 heterocycles. The number of aliphatic hydroxyl groups excluding tert-OH is 1. The fourth-order valence-corrected chi connectivity index (χ4v) is 3.56. The molecule has 1 aromatic rings. The van der Waals surface area contributed by atoms with E-state index in [0.29, 0.717) is 12.0 Å². The molecule has 33 heavy (non-hydrogen) atoms. The molecule has 4 atom stereocenters. The van der Waals surface area contributed by atoms with Crippen LogP contribution < -0.4 is 16.4 Å². The second kappa shape index (κ2) is 11.9. The summed E-state index contributed by atoms with van der Waals surface area (Å²) >= 11 is 0. The fourth-order valence-electron chi connectivity index (χ4n) is 3.56. The van der Waals surface area contributed by atoms with E-state index in [-0.39, 0.29) is 19.4 Å². The maximum Gasteiger partial charge on any atom is 0.326 e. The van der Waals surface area contributed by atoms with Crippen molar-refractivity contribution in [2.45, 2.75) is 49.9 Å². The van der Waals surface area contributed by atoms with Crippen LogP contribution in [0.15, 0.2) is 30.3 Å². The van der Waals surface area contributed by atoms with E-state index in [1.807, 2.05) is 0 Å². The van der Waals surface area contributed by atoms with Crippen LogP contribution in [0.4, 0.5) is 0 Å². The van der Waals surface area contributed by atoms with Crippen LogP contribution in [0.5, 0.6) is 0 Å². The molecule has 12 heteroatoms. The highest BCUT2D eigenvalue weighted by atomic mass is 16.4. The van der Waals surface area contributed by atoms with Gasteiger partial charge in [0.05, 0.1) is 13.0 Å². The average molecular weight is 464 g/mol. The number of nitrogens with zero attached hydrogens (tertiary/aromatic N) is 1. The van der Waals surface area contributed by atoms with Crippen molar-refractivity contribution < 1.29 is 39.3 Å². The molecule has 0 radical (unpaired) electrons. The van der Waals surface area contributed by atoms with Crippen LogP contribution in [-0.2, 0) is 30.4 Å². The maximum atomic E-state index is 13.0. The van der Waals surface area contributed by atoms with Gasteiger partial charge in [-0.25, -0.2) is 4.79 Å². The van der Waals surface area contributed by atoms with Crippen molar-refractivity contribution in [1.82, 2.24) is 15.5 Å². The van der Waals surface area contributed by atoms with Crippen molar-refractivity contribution in [2.75, 3.05) is 13.2 Å². The summed E-state index contributed by atoms with van der Waals surface area (Å²) in [6.07, 6.45) is -0.0259. The summed E-state index contributed by atoms with van der Waals surface area (Å²) in [5, 5.41) is 32.3. The molecular formula is C21H28N4O8. The van der Waals surface area contributed by atoms with Gasteiger partial charge >= 0.3 is 11.9 Å². The first-order chi connectivity index (χ1) is 15.6. The van der Waals surface area contributed by atoms with Gasteiger partial charge in [-0.3, -0.25) is 19.2 Å². The Morgan fingerprint density at radius 1 is 1.06 bits per heavy atom. The molecule has 1 aromatic carbocycles. The van der Waals surface area contributed by atoms with Crippen LogP contribution in [0.2, 0.25) is 0 Å². The molecule has 1 saturated heterocycles. The number of carboxylic acids is 2. The van der Waals surface area contributed by atoms with Gasteiger partial charge in [-0.15, -0.1) is 0 Å². The zero-order valence-corrected chi connectivity index (χ0v) is 17.8. The van der Waals surface area contributed by atoms with Gasteiger partial charge in [0.25, 0.3) is 0 Å². The molecule has 0 saturated carbocycles. The molecule has 0 aromatic heterocycles. The average Bonchev–Trinajstić information content (AvgIpc) is 3.27. The lowest BCUT2D eigenvalue weighted by Gasteiger charge is -2.29. The number of hydrogen-bond donors (Lipinski definition) is 6. The normalized spacial score (nSPS) is 18.1.